The van der Waals surface area contributed by atoms with Gasteiger partial charge in [0.1, 0.15) is 0 Å². The van der Waals surface area contributed by atoms with Gasteiger partial charge in [0.25, 0.3) is 0 Å². The average Bonchev–Trinajstić information content (AvgIpc) is 2.15. The van der Waals surface area contributed by atoms with E-state index in [4.69, 9.17) is 12.2 Å². The molecule has 1 rings (SSSR count). The first-order chi connectivity index (χ1) is 6.20. The lowest BCUT2D eigenvalue weighted by atomic mass is 10.1. The summed E-state index contributed by atoms with van der Waals surface area (Å²) in [5, 5.41) is 4.12. The number of hydrogen-bond donors (Lipinski definition) is 1. The van der Waals surface area contributed by atoms with Crippen molar-refractivity contribution in [1.29, 1.82) is 0 Å². The highest BCUT2D eigenvalue weighted by Gasteiger charge is 1.94. The molecule has 68 valence electrons. The van der Waals surface area contributed by atoms with E-state index < -0.39 is 0 Å². The first-order valence-electron chi connectivity index (χ1n) is 4.06. The number of thiocarbonyl (C=S) groups is 1. The van der Waals surface area contributed by atoms with Gasteiger partial charge in [-0.25, -0.2) is 0 Å². The summed E-state index contributed by atoms with van der Waals surface area (Å²) in [6.07, 6.45) is 0. The van der Waals surface area contributed by atoms with Gasteiger partial charge in [-0.3, -0.25) is 5.43 Å². The number of benzene rings is 1. The van der Waals surface area contributed by atoms with E-state index in [1.54, 1.807) is 6.92 Å². The fraction of sp³-hybridized carbons (Fsp3) is 0.200. The zero-order chi connectivity index (χ0) is 9.68. The summed E-state index contributed by atoms with van der Waals surface area (Å²) in [6.45, 7) is 3.75. The Morgan fingerprint density at radius 2 is 1.85 bits per heavy atom. The van der Waals surface area contributed by atoms with Crippen LogP contribution in [-0.4, -0.2) is 10.7 Å². The minimum absolute atomic E-state index is 0.676. The van der Waals surface area contributed by atoms with E-state index in [0.717, 1.165) is 11.3 Å². The van der Waals surface area contributed by atoms with Crippen LogP contribution in [0.2, 0.25) is 0 Å². The molecule has 1 aromatic carbocycles. The number of nitrogens with one attached hydrogen (secondary N) is 1. The molecule has 2 nitrogen and oxygen atoms in total. The molecule has 0 heterocycles. The maximum Gasteiger partial charge on any atom is 0.0930 e. The summed E-state index contributed by atoms with van der Waals surface area (Å²) in [7, 11) is 0. The molecule has 0 saturated carbocycles. The monoisotopic (exact) mass is 192 g/mol. The molecule has 0 spiro atoms. The topological polar surface area (TPSA) is 24.4 Å². The minimum atomic E-state index is 0.676. The molecule has 0 atom stereocenters. The molecule has 0 aliphatic carbocycles. The van der Waals surface area contributed by atoms with Gasteiger partial charge in [0.2, 0.25) is 0 Å². The molecule has 0 saturated heterocycles. The van der Waals surface area contributed by atoms with Crippen molar-refractivity contribution < 1.29 is 0 Å². The molecule has 0 aromatic heterocycles. The van der Waals surface area contributed by atoms with Crippen LogP contribution in [0.5, 0.6) is 0 Å². The van der Waals surface area contributed by atoms with Crippen molar-refractivity contribution in [2.45, 2.75) is 13.8 Å². The molecule has 1 aromatic rings. The molecular formula is C10H12N2S. The Bertz CT molecular complexity index is 317. The van der Waals surface area contributed by atoms with E-state index in [0.29, 0.717) is 4.99 Å². The zero-order valence-electron chi connectivity index (χ0n) is 7.74. The van der Waals surface area contributed by atoms with Crippen LogP contribution in [0, 0.1) is 0 Å². The predicted octanol–water partition coefficient (Wildman–Crippen LogP) is 2.35. The highest BCUT2D eigenvalue weighted by Crippen LogP contribution is 1.99. The van der Waals surface area contributed by atoms with E-state index in [1.807, 2.05) is 37.3 Å². The quantitative estimate of drug-likeness (QED) is 0.442. The van der Waals surface area contributed by atoms with Crippen LogP contribution in [0.1, 0.15) is 19.4 Å². The standard InChI is InChI=1S/C10H12N2S/c1-8(11-12-9(2)13)10-6-4-3-5-7-10/h3-7H,1-2H3,(H,12,13). The van der Waals surface area contributed by atoms with Gasteiger partial charge < -0.3 is 0 Å². The fourth-order valence-corrected chi connectivity index (χ4v) is 0.952. The van der Waals surface area contributed by atoms with Crippen molar-refractivity contribution in [3.05, 3.63) is 35.9 Å². The molecule has 0 aliphatic rings. The number of hydrogen-bond acceptors (Lipinski definition) is 2. The maximum absolute atomic E-state index is 4.85. The lowest BCUT2D eigenvalue weighted by molar-refractivity contribution is 1.04. The van der Waals surface area contributed by atoms with E-state index in [1.165, 1.54) is 0 Å². The van der Waals surface area contributed by atoms with Crippen LogP contribution in [0.15, 0.2) is 35.4 Å². The smallest absolute Gasteiger partial charge is 0.0930 e. The van der Waals surface area contributed by atoms with Gasteiger partial charge in [-0.2, -0.15) is 5.10 Å². The average molecular weight is 192 g/mol. The highest BCUT2D eigenvalue weighted by molar-refractivity contribution is 7.80. The Morgan fingerprint density at radius 3 is 2.38 bits per heavy atom. The van der Waals surface area contributed by atoms with Crippen molar-refractivity contribution in [2.75, 3.05) is 0 Å². The normalized spacial score (nSPS) is 11.1. The lowest BCUT2D eigenvalue weighted by Crippen LogP contribution is -2.13. The molecule has 0 radical (unpaired) electrons. The summed E-state index contributed by atoms with van der Waals surface area (Å²) >= 11 is 4.85. The van der Waals surface area contributed by atoms with E-state index in [9.17, 15) is 0 Å². The molecule has 13 heavy (non-hydrogen) atoms. The second kappa shape index (κ2) is 4.72. The Morgan fingerprint density at radius 1 is 1.23 bits per heavy atom. The molecular weight excluding hydrogens is 180 g/mol. The Labute approximate surface area is 83.7 Å². The summed E-state index contributed by atoms with van der Waals surface area (Å²) in [5.41, 5.74) is 4.80. The van der Waals surface area contributed by atoms with Crippen molar-refractivity contribution >= 4 is 22.9 Å². The van der Waals surface area contributed by atoms with Crippen LogP contribution in [0.4, 0.5) is 0 Å². The van der Waals surface area contributed by atoms with Gasteiger partial charge in [0, 0.05) is 0 Å². The third-order valence-electron chi connectivity index (χ3n) is 1.57. The lowest BCUT2D eigenvalue weighted by Gasteiger charge is -2.00. The minimum Gasteiger partial charge on any atom is -0.272 e. The van der Waals surface area contributed by atoms with Gasteiger partial charge in [0.15, 0.2) is 0 Å². The van der Waals surface area contributed by atoms with E-state index >= 15 is 0 Å². The fourth-order valence-electron chi connectivity index (χ4n) is 0.906. The second-order valence-electron chi connectivity index (χ2n) is 2.73. The summed E-state index contributed by atoms with van der Waals surface area (Å²) in [6, 6.07) is 9.98. The van der Waals surface area contributed by atoms with Crippen LogP contribution in [-0.2, 0) is 0 Å². The number of nitrogens with zero attached hydrogens (tertiary/aromatic N) is 1. The van der Waals surface area contributed by atoms with Crippen LogP contribution >= 0.6 is 12.2 Å². The molecule has 0 fully saturated rings. The summed E-state index contributed by atoms with van der Waals surface area (Å²) in [5.74, 6) is 0. The molecule has 0 unspecified atom stereocenters. The van der Waals surface area contributed by atoms with E-state index in [2.05, 4.69) is 10.5 Å². The first-order valence-corrected chi connectivity index (χ1v) is 4.47. The second-order valence-corrected chi connectivity index (χ2v) is 3.34. The summed E-state index contributed by atoms with van der Waals surface area (Å²) < 4.78 is 0. The Hall–Kier alpha value is -1.22. The Balaban J connectivity index is 2.73. The van der Waals surface area contributed by atoms with Crippen molar-refractivity contribution in [3.8, 4) is 0 Å². The SMILES string of the molecule is CC(=S)NN=C(C)c1ccccc1. The third-order valence-corrected chi connectivity index (χ3v) is 1.66. The van der Waals surface area contributed by atoms with Crippen molar-refractivity contribution in [2.24, 2.45) is 5.10 Å². The molecule has 0 amide bonds. The van der Waals surface area contributed by atoms with Gasteiger partial charge in [-0.15, -0.1) is 0 Å². The Kier molecular flexibility index (Phi) is 3.58. The number of hydrazone groups is 1. The largest absolute Gasteiger partial charge is 0.272 e. The maximum atomic E-state index is 4.85. The van der Waals surface area contributed by atoms with Gasteiger partial charge in [0.05, 0.1) is 10.7 Å². The zero-order valence-corrected chi connectivity index (χ0v) is 8.56. The highest BCUT2D eigenvalue weighted by atomic mass is 32.1. The summed E-state index contributed by atoms with van der Waals surface area (Å²) in [4.78, 5) is 0.676. The molecule has 0 aliphatic heterocycles. The third kappa shape index (κ3) is 3.34. The number of rotatable bonds is 2. The van der Waals surface area contributed by atoms with Gasteiger partial charge in [-0.05, 0) is 19.4 Å². The van der Waals surface area contributed by atoms with Crippen LogP contribution in [0.3, 0.4) is 0 Å². The van der Waals surface area contributed by atoms with Crippen LogP contribution in [0.25, 0.3) is 0 Å². The first kappa shape index (κ1) is 9.86. The molecule has 0 bridgehead atoms. The van der Waals surface area contributed by atoms with Gasteiger partial charge >= 0.3 is 0 Å². The van der Waals surface area contributed by atoms with Crippen molar-refractivity contribution in [1.82, 2.24) is 5.43 Å². The predicted molar refractivity (Wildman–Crippen MR) is 60.1 cm³/mol. The van der Waals surface area contributed by atoms with Gasteiger partial charge in [-0.1, -0.05) is 42.5 Å². The van der Waals surface area contributed by atoms with E-state index in [-0.39, 0.29) is 0 Å². The molecule has 3 heteroatoms. The van der Waals surface area contributed by atoms with Crippen LogP contribution < -0.4 is 5.43 Å². The molecule has 1 N–H and O–H groups in total. The van der Waals surface area contributed by atoms with Crippen molar-refractivity contribution in [3.63, 3.8) is 0 Å².